The molecule has 3 nitrogen and oxygen atoms in total. The van der Waals surface area contributed by atoms with Crippen LogP contribution in [0.25, 0.3) is 0 Å². The Hall–Kier alpha value is -2.13. The van der Waals surface area contributed by atoms with E-state index < -0.39 is 5.97 Å². The fraction of sp³-hybridized carbons (Fsp3) is 0.381. The maximum Gasteiger partial charge on any atom is 0.317 e. The van der Waals surface area contributed by atoms with Crippen LogP contribution < -0.4 is 5.32 Å². The van der Waals surface area contributed by atoms with Gasteiger partial charge in [-0.05, 0) is 35.1 Å². The summed E-state index contributed by atoms with van der Waals surface area (Å²) in [6.45, 7) is 7.32. The molecular formula is C21H27NO2. The van der Waals surface area contributed by atoms with E-state index in [1.807, 2.05) is 6.07 Å². The van der Waals surface area contributed by atoms with Gasteiger partial charge < -0.3 is 10.4 Å². The Morgan fingerprint density at radius 1 is 1.00 bits per heavy atom. The normalized spacial score (nSPS) is 12.8. The molecular weight excluding hydrogens is 298 g/mol. The molecule has 0 amide bonds. The van der Waals surface area contributed by atoms with Crippen molar-refractivity contribution in [1.29, 1.82) is 0 Å². The van der Waals surface area contributed by atoms with Gasteiger partial charge in [-0.25, -0.2) is 0 Å². The highest BCUT2D eigenvalue weighted by atomic mass is 16.4. The number of nitrogens with one attached hydrogen (secondary N) is 1. The minimum absolute atomic E-state index is 0.00444. The van der Waals surface area contributed by atoms with E-state index in [9.17, 15) is 4.79 Å². The predicted octanol–water partition coefficient (Wildman–Crippen LogP) is 4.18. The summed E-state index contributed by atoms with van der Waals surface area (Å²) in [5.41, 5.74) is 4.00. The topological polar surface area (TPSA) is 49.3 Å². The molecule has 0 radical (unpaired) electrons. The highest BCUT2D eigenvalue weighted by Gasteiger charge is 2.17. The molecule has 0 heterocycles. The van der Waals surface area contributed by atoms with Crippen LogP contribution in [0.4, 0.5) is 0 Å². The summed E-state index contributed by atoms with van der Waals surface area (Å²) in [5, 5.41) is 11.7. The van der Waals surface area contributed by atoms with Gasteiger partial charge in [-0.15, -0.1) is 0 Å². The third-order valence-corrected chi connectivity index (χ3v) is 4.27. The number of carboxylic acids is 1. The molecule has 24 heavy (non-hydrogen) atoms. The number of carboxylic acid groups (broad SMARTS) is 1. The van der Waals surface area contributed by atoms with Gasteiger partial charge in [0.05, 0.1) is 6.54 Å². The molecule has 1 unspecified atom stereocenters. The van der Waals surface area contributed by atoms with E-state index in [1.54, 1.807) is 0 Å². The van der Waals surface area contributed by atoms with E-state index >= 15 is 0 Å². The molecule has 3 heteroatoms. The Balaban J connectivity index is 2.17. The van der Waals surface area contributed by atoms with Gasteiger partial charge in [0.1, 0.15) is 0 Å². The van der Waals surface area contributed by atoms with Crippen molar-refractivity contribution in [3.05, 3.63) is 71.3 Å². The van der Waals surface area contributed by atoms with Gasteiger partial charge in [0.25, 0.3) is 0 Å². The monoisotopic (exact) mass is 325 g/mol. The molecule has 0 saturated carbocycles. The number of aliphatic carboxylic acids is 1. The van der Waals surface area contributed by atoms with Crippen LogP contribution in [0.1, 0.15) is 49.8 Å². The molecule has 0 aliphatic heterocycles. The lowest BCUT2D eigenvalue weighted by atomic mass is 9.83. The molecule has 0 aliphatic carbocycles. The molecule has 0 spiro atoms. The first-order chi connectivity index (χ1) is 11.4. The van der Waals surface area contributed by atoms with Crippen molar-refractivity contribution in [2.24, 2.45) is 0 Å². The van der Waals surface area contributed by atoms with E-state index in [0.717, 1.165) is 6.42 Å². The van der Waals surface area contributed by atoms with Gasteiger partial charge in [0.15, 0.2) is 0 Å². The van der Waals surface area contributed by atoms with Gasteiger partial charge in [0, 0.05) is 5.92 Å². The first kappa shape index (κ1) is 18.2. The Morgan fingerprint density at radius 3 is 2.12 bits per heavy atom. The average molecular weight is 325 g/mol. The van der Waals surface area contributed by atoms with Crippen molar-refractivity contribution in [2.45, 2.75) is 38.5 Å². The molecule has 2 aromatic rings. The van der Waals surface area contributed by atoms with Crippen molar-refractivity contribution in [2.75, 3.05) is 13.1 Å². The lowest BCUT2D eigenvalue weighted by molar-refractivity contribution is -0.135. The second-order valence-electron chi connectivity index (χ2n) is 7.19. The number of hydrogen-bond acceptors (Lipinski definition) is 2. The van der Waals surface area contributed by atoms with Gasteiger partial charge in [0.2, 0.25) is 0 Å². The molecule has 128 valence electrons. The Bertz CT molecular complexity index is 642. The lowest BCUT2D eigenvalue weighted by Gasteiger charge is -2.22. The number of hydrogen-bond donors (Lipinski definition) is 2. The summed E-state index contributed by atoms with van der Waals surface area (Å²) >= 11 is 0. The molecule has 2 N–H and O–H groups in total. The standard InChI is InChI=1S/C21H27NO2/c1-21(2,3)18-11-9-17(10-12-18)19(13-14-22-15-20(23)24)16-7-5-4-6-8-16/h4-12,19,22H,13-15H2,1-3H3,(H,23,24). The molecule has 0 saturated heterocycles. The molecule has 1 atom stereocenters. The number of carbonyl (C=O) groups is 1. The van der Waals surface area contributed by atoms with E-state index in [-0.39, 0.29) is 17.9 Å². The van der Waals surface area contributed by atoms with Crippen molar-refractivity contribution < 1.29 is 9.90 Å². The molecule has 0 bridgehead atoms. The molecule has 2 rings (SSSR count). The predicted molar refractivity (Wildman–Crippen MR) is 98.5 cm³/mol. The van der Waals surface area contributed by atoms with E-state index in [4.69, 9.17) is 5.11 Å². The zero-order valence-corrected chi connectivity index (χ0v) is 14.8. The lowest BCUT2D eigenvalue weighted by Crippen LogP contribution is -2.24. The summed E-state index contributed by atoms with van der Waals surface area (Å²) in [6, 6.07) is 19.2. The van der Waals surface area contributed by atoms with Crippen LogP contribution in [0, 0.1) is 0 Å². The highest BCUT2D eigenvalue weighted by Crippen LogP contribution is 2.30. The van der Waals surface area contributed by atoms with E-state index in [1.165, 1.54) is 16.7 Å². The van der Waals surface area contributed by atoms with Crippen LogP contribution in [0.15, 0.2) is 54.6 Å². The molecule has 2 aromatic carbocycles. The van der Waals surface area contributed by atoms with Gasteiger partial charge in [-0.2, -0.15) is 0 Å². The Kier molecular flexibility index (Phi) is 6.16. The van der Waals surface area contributed by atoms with Crippen LogP contribution in [0.5, 0.6) is 0 Å². The summed E-state index contributed by atoms with van der Waals surface area (Å²) in [7, 11) is 0. The number of rotatable bonds is 7. The quantitative estimate of drug-likeness (QED) is 0.751. The number of benzene rings is 2. The Labute approximate surface area is 144 Å². The first-order valence-electron chi connectivity index (χ1n) is 8.46. The summed E-state index contributed by atoms with van der Waals surface area (Å²) in [4.78, 5) is 10.7. The fourth-order valence-electron chi connectivity index (χ4n) is 2.87. The smallest absolute Gasteiger partial charge is 0.317 e. The third-order valence-electron chi connectivity index (χ3n) is 4.27. The molecule has 0 aromatic heterocycles. The minimum atomic E-state index is -0.819. The second kappa shape index (κ2) is 8.11. The van der Waals surface area contributed by atoms with Crippen LogP contribution in [-0.4, -0.2) is 24.2 Å². The zero-order valence-electron chi connectivity index (χ0n) is 14.8. The first-order valence-corrected chi connectivity index (χ1v) is 8.46. The highest BCUT2D eigenvalue weighted by molar-refractivity contribution is 5.68. The van der Waals surface area contributed by atoms with Gasteiger partial charge in [-0.3, -0.25) is 4.79 Å². The summed E-state index contributed by atoms with van der Waals surface area (Å²) in [5.74, 6) is -0.553. The van der Waals surface area contributed by atoms with Crippen LogP contribution >= 0.6 is 0 Å². The van der Waals surface area contributed by atoms with Crippen molar-refractivity contribution >= 4 is 5.97 Å². The zero-order chi connectivity index (χ0) is 17.6. The van der Waals surface area contributed by atoms with Crippen LogP contribution in [-0.2, 0) is 10.2 Å². The maximum absolute atomic E-state index is 10.7. The SMILES string of the molecule is CC(C)(C)c1ccc(C(CCNCC(=O)O)c2ccccc2)cc1. The van der Waals surface area contributed by atoms with E-state index in [2.05, 4.69) is 74.6 Å². The molecule has 0 fully saturated rings. The second-order valence-corrected chi connectivity index (χ2v) is 7.19. The van der Waals surface area contributed by atoms with Gasteiger partial charge >= 0.3 is 5.97 Å². The van der Waals surface area contributed by atoms with Crippen molar-refractivity contribution in [3.63, 3.8) is 0 Å². The largest absolute Gasteiger partial charge is 0.480 e. The van der Waals surface area contributed by atoms with Gasteiger partial charge in [-0.1, -0.05) is 75.4 Å². The summed E-state index contributed by atoms with van der Waals surface area (Å²) in [6.07, 6.45) is 0.867. The third kappa shape index (κ3) is 5.20. The van der Waals surface area contributed by atoms with Crippen molar-refractivity contribution in [1.82, 2.24) is 5.32 Å². The average Bonchev–Trinajstić information content (AvgIpc) is 2.55. The minimum Gasteiger partial charge on any atom is -0.480 e. The maximum atomic E-state index is 10.7. The summed E-state index contributed by atoms with van der Waals surface area (Å²) < 4.78 is 0. The fourth-order valence-corrected chi connectivity index (χ4v) is 2.87. The van der Waals surface area contributed by atoms with Crippen molar-refractivity contribution in [3.8, 4) is 0 Å². The molecule has 0 aliphatic rings. The van der Waals surface area contributed by atoms with Crippen LogP contribution in [0.2, 0.25) is 0 Å². The van der Waals surface area contributed by atoms with Crippen LogP contribution in [0.3, 0.4) is 0 Å². The van der Waals surface area contributed by atoms with E-state index in [0.29, 0.717) is 6.54 Å². The Morgan fingerprint density at radius 2 is 1.58 bits per heavy atom.